The van der Waals surface area contributed by atoms with Gasteiger partial charge < -0.3 is 14.9 Å². The van der Waals surface area contributed by atoms with E-state index >= 15 is 0 Å². The SMILES string of the molecule is CN1CCC(O)CC1.c1ccc2sc(N3CCCCC3)nc2c1. The first-order valence-electron chi connectivity index (χ1n) is 8.69. The first-order chi connectivity index (χ1) is 11.2. The van der Waals surface area contributed by atoms with Gasteiger partial charge in [0.15, 0.2) is 5.13 Å². The molecule has 23 heavy (non-hydrogen) atoms. The first-order valence-corrected chi connectivity index (χ1v) is 9.51. The van der Waals surface area contributed by atoms with Gasteiger partial charge in [-0.15, -0.1) is 0 Å². The van der Waals surface area contributed by atoms with E-state index in [1.807, 2.05) is 11.3 Å². The van der Waals surface area contributed by atoms with Crippen LogP contribution in [0.4, 0.5) is 5.13 Å². The summed E-state index contributed by atoms with van der Waals surface area (Å²) in [7, 11) is 2.09. The van der Waals surface area contributed by atoms with E-state index in [-0.39, 0.29) is 6.10 Å². The summed E-state index contributed by atoms with van der Waals surface area (Å²) in [5.74, 6) is 0. The van der Waals surface area contributed by atoms with Gasteiger partial charge in [0.25, 0.3) is 0 Å². The molecule has 2 aliphatic heterocycles. The lowest BCUT2D eigenvalue weighted by molar-refractivity contribution is 0.0943. The van der Waals surface area contributed by atoms with Crippen molar-refractivity contribution in [2.45, 2.75) is 38.2 Å². The summed E-state index contributed by atoms with van der Waals surface area (Å²) in [4.78, 5) is 9.35. The topological polar surface area (TPSA) is 39.6 Å². The van der Waals surface area contributed by atoms with Crippen molar-refractivity contribution in [2.75, 3.05) is 38.1 Å². The Bertz CT molecular complexity index is 558. The molecule has 0 aliphatic carbocycles. The highest BCUT2D eigenvalue weighted by Crippen LogP contribution is 2.30. The molecule has 2 aromatic rings. The fourth-order valence-electron chi connectivity index (χ4n) is 3.08. The smallest absolute Gasteiger partial charge is 0.186 e. The van der Waals surface area contributed by atoms with Crippen LogP contribution in [0.3, 0.4) is 0 Å². The second-order valence-corrected chi connectivity index (χ2v) is 7.56. The molecule has 0 amide bonds. The van der Waals surface area contributed by atoms with Gasteiger partial charge in [-0.2, -0.15) is 0 Å². The van der Waals surface area contributed by atoms with Gasteiger partial charge in [0.05, 0.1) is 16.3 Å². The number of hydrogen-bond acceptors (Lipinski definition) is 5. The molecule has 0 radical (unpaired) electrons. The van der Waals surface area contributed by atoms with Crippen molar-refractivity contribution in [3.63, 3.8) is 0 Å². The van der Waals surface area contributed by atoms with Crippen molar-refractivity contribution in [2.24, 2.45) is 0 Å². The molecule has 3 heterocycles. The van der Waals surface area contributed by atoms with Crippen molar-refractivity contribution < 1.29 is 5.11 Å². The normalized spacial score (nSPS) is 20.3. The van der Waals surface area contributed by atoms with Crippen LogP contribution in [0, 0.1) is 0 Å². The van der Waals surface area contributed by atoms with Crippen LogP contribution < -0.4 is 4.90 Å². The number of aromatic nitrogens is 1. The standard InChI is InChI=1S/C12H14N2S.C6H13NO/c1-4-8-14(9-5-1)12-13-10-6-2-3-7-11(10)15-12;1-7-4-2-6(8)3-5-7/h2-3,6-7H,1,4-5,8-9H2;6,8H,2-5H2,1H3. The number of benzene rings is 1. The van der Waals surface area contributed by atoms with E-state index in [1.165, 1.54) is 42.2 Å². The molecule has 1 N–H and O–H groups in total. The minimum absolute atomic E-state index is 0.0220. The fourth-order valence-corrected chi connectivity index (χ4v) is 4.09. The number of thiazole rings is 1. The van der Waals surface area contributed by atoms with Gasteiger partial charge in [-0.05, 0) is 51.3 Å². The molecule has 0 bridgehead atoms. The molecule has 2 saturated heterocycles. The van der Waals surface area contributed by atoms with Crippen LogP contribution in [-0.2, 0) is 0 Å². The highest BCUT2D eigenvalue weighted by molar-refractivity contribution is 7.22. The molecule has 126 valence electrons. The fraction of sp³-hybridized carbons (Fsp3) is 0.611. The number of nitrogens with zero attached hydrogens (tertiary/aromatic N) is 3. The number of hydrogen-bond donors (Lipinski definition) is 1. The molecule has 2 aliphatic rings. The largest absolute Gasteiger partial charge is 0.393 e. The lowest BCUT2D eigenvalue weighted by Gasteiger charge is -2.25. The number of aliphatic hydroxyl groups excluding tert-OH is 1. The quantitative estimate of drug-likeness (QED) is 0.869. The summed E-state index contributed by atoms with van der Waals surface area (Å²) in [6.07, 6.45) is 5.89. The molecule has 0 saturated carbocycles. The van der Waals surface area contributed by atoms with E-state index in [9.17, 15) is 0 Å². The maximum absolute atomic E-state index is 9.00. The van der Waals surface area contributed by atoms with Crippen molar-refractivity contribution in [1.29, 1.82) is 0 Å². The number of fused-ring (bicyclic) bond motifs is 1. The summed E-state index contributed by atoms with van der Waals surface area (Å²) in [6.45, 7) is 4.47. The Morgan fingerprint density at radius 3 is 2.39 bits per heavy atom. The second-order valence-electron chi connectivity index (χ2n) is 6.55. The van der Waals surface area contributed by atoms with Crippen molar-refractivity contribution in [3.05, 3.63) is 24.3 Å². The molecule has 0 atom stereocenters. The molecule has 0 spiro atoms. The van der Waals surface area contributed by atoms with Gasteiger partial charge in [0, 0.05) is 26.2 Å². The van der Waals surface area contributed by atoms with E-state index in [0.29, 0.717) is 0 Å². The van der Waals surface area contributed by atoms with E-state index in [0.717, 1.165) is 31.4 Å². The third-order valence-electron chi connectivity index (χ3n) is 4.60. The number of aliphatic hydroxyl groups is 1. The monoisotopic (exact) mass is 333 g/mol. The van der Waals surface area contributed by atoms with E-state index in [1.54, 1.807) is 0 Å². The van der Waals surface area contributed by atoms with Crippen LogP contribution in [0.25, 0.3) is 10.2 Å². The highest BCUT2D eigenvalue weighted by atomic mass is 32.1. The Morgan fingerprint density at radius 2 is 1.74 bits per heavy atom. The number of anilines is 1. The zero-order valence-corrected chi connectivity index (χ0v) is 14.8. The molecular formula is C18H27N3OS. The lowest BCUT2D eigenvalue weighted by atomic mass is 10.1. The van der Waals surface area contributed by atoms with Crippen LogP contribution >= 0.6 is 11.3 Å². The van der Waals surface area contributed by atoms with E-state index in [2.05, 4.69) is 46.1 Å². The van der Waals surface area contributed by atoms with Gasteiger partial charge in [0.2, 0.25) is 0 Å². The molecule has 0 unspecified atom stereocenters. The molecule has 5 heteroatoms. The van der Waals surface area contributed by atoms with Crippen LogP contribution in [0.15, 0.2) is 24.3 Å². The molecule has 1 aromatic carbocycles. The number of rotatable bonds is 1. The Labute approximate surface area is 142 Å². The molecular weight excluding hydrogens is 306 g/mol. The second kappa shape index (κ2) is 8.08. The first kappa shape index (κ1) is 16.7. The third kappa shape index (κ3) is 4.66. The van der Waals surface area contributed by atoms with E-state index < -0.39 is 0 Å². The van der Waals surface area contributed by atoms with Crippen LogP contribution in [0.2, 0.25) is 0 Å². The molecule has 4 rings (SSSR count). The predicted molar refractivity (Wildman–Crippen MR) is 98.4 cm³/mol. The van der Waals surface area contributed by atoms with Gasteiger partial charge in [0.1, 0.15) is 0 Å². The summed E-state index contributed by atoms with van der Waals surface area (Å²) in [5.41, 5.74) is 1.14. The van der Waals surface area contributed by atoms with Crippen LogP contribution in [-0.4, -0.2) is 54.3 Å². The minimum Gasteiger partial charge on any atom is -0.393 e. The Morgan fingerprint density at radius 1 is 1.04 bits per heavy atom. The molecule has 1 aromatic heterocycles. The average Bonchev–Trinajstić information content (AvgIpc) is 3.03. The number of para-hydroxylation sites is 1. The zero-order valence-electron chi connectivity index (χ0n) is 13.9. The summed E-state index contributed by atoms with van der Waals surface area (Å²) in [5, 5.41) is 10.2. The highest BCUT2D eigenvalue weighted by Gasteiger charge is 2.14. The van der Waals surface area contributed by atoms with Crippen LogP contribution in [0.1, 0.15) is 32.1 Å². The van der Waals surface area contributed by atoms with Crippen molar-refractivity contribution in [3.8, 4) is 0 Å². The Balaban J connectivity index is 0.000000166. The van der Waals surface area contributed by atoms with Gasteiger partial charge >= 0.3 is 0 Å². The van der Waals surface area contributed by atoms with E-state index in [4.69, 9.17) is 5.11 Å². The third-order valence-corrected chi connectivity index (χ3v) is 5.69. The van der Waals surface area contributed by atoms with Crippen molar-refractivity contribution in [1.82, 2.24) is 9.88 Å². The summed E-state index contributed by atoms with van der Waals surface area (Å²) < 4.78 is 1.30. The molecule has 2 fully saturated rings. The van der Waals surface area contributed by atoms with Crippen molar-refractivity contribution >= 4 is 26.7 Å². The lowest BCUT2D eigenvalue weighted by Crippen LogP contribution is -2.32. The number of likely N-dealkylation sites (tertiary alicyclic amines) is 1. The summed E-state index contributed by atoms with van der Waals surface area (Å²) in [6, 6.07) is 8.39. The Kier molecular flexibility index (Phi) is 5.86. The average molecular weight is 334 g/mol. The number of piperidine rings is 2. The van der Waals surface area contributed by atoms with Gasteiger partial charge in [-0.25, -0.2) is 4.98 Å². The maximum Gasteiger partial charge on any atom is 0.186 e. The maximum atomic E-state index is 9.00. The van der Waals surface area contributed by atoms with Gasteiger partial charge in [-0.1, -0.05) is 23.5 Å². The summed E-state index contributed by atoms with van der Waals surface area (Å²) >= 11 is 1.82. The zero-order chi connectivity index (χ0) is 16.1. The molecule has 4 nitrogen and oxygen atoms in total. The van der Waals surface area contributed by atoms with Crippen LogP contribution in [0.5, 0.6) is 0 Å². The Hall–Kier alpha value is -1.17. The predicted octanol–water partition coefficient (Wildman–Crippen LogP) is 3.36. The van der Waals surface area contributed by atoms with Gasteiger partial charge in [-0.3, -0.25) is 0 Å². The minimum atomic E-state index is -0.0220.